The van der Waals surface area contributed by atoms with Crippen molar-refractivity contribution in [1.82, 2.24) is 15.0 Å². The molecule has 1 rings (SSSR count). The standard InChI is InChI=1S/C8H17N7/c1-10-6-13-7(11-2)15-8(14-6)12-5-3-4-9/h3-5,9H2,1-2H3,(H3,10,11,12,13,14,15). The molecule has 84 valence electrons. The van der Waals surface area contributed by atoms with E-state index < -0.39 is 0 Å². The number of rotatable bonds is 6. The van der Waals surface area contributed by atoms with Crippen LogP contribution in [0, 0.1) is 0 Å². The van der Waals surface area contributed by atoms with Crippen LogP contribution in [0.2, 0.25) is 0 Å². The molecule has 15 heavy (non-hydrogen) atoms. The molecule has 0 saturated carbocycles. The maximum atomic E-state index is 5.39. The summed E-state index contributed by atoms with van der Waals surface area (Å²) in [5.74, 6) is 1.61. The Balaban J connectivity index is 2.68. The Morgan fingerprint density at radius 2 is 1.53 bits per heavy atom. The van der Waals surface area contributed by atoms with Crippen LogP contribution in [-0.2, 0) is 0 Å². The molecule has 0 atom stereocenters. The lowest BCUT2D eigenvalue weighted by atomic mass is 10.4. The Bertz CT molecular complexity index is 279. The molecular formula is C8H17N7. The van der Waals surface area contributed by atoms with Crippen molar-refractivity contribution in [2.45, 2.75) is 6.42 Å². The van der Waals surface area contributed by atoms with Gasteiger partial charge in [0.05, 0.1) is 0 Å². The van der Waals surface area contributed by atoms with Gasteiger partial charge < -0.3 is 21.7 Å². The molecule has 7 heteroatoms. The molecule has 0 saturated heterocycles. The first kappa shape index (κ1) is 11.4. The SMILES string of the molecule is CNc1nc(NC)nc(NCCCN)n1. The Morgan fingerprint density at radius 1 is 1.00 bits per heavy atom. The van der Waals surface area contributed by atoms with E-state index in [-0.39, 0.29) is 0 Å². The van der Waals surface area contributed by atoms with E-state index >= 15 is 0 Å². The van der Waals surface area contributed by atoms with Crippen molar-refractivity contribution >= 4 is 17.8 Å². The summed E-state index contributed by atoms with van der Waals surface area (Å²) in [6.45, 7) is 1.41. The first-order valence-corrected chi connectivity index (χ1v) is 4.85. The molecule has 0 aromatic carbocycles. The van der Waals surface area contributed by atoms with Gasteiger partial charge in [-0.2, -0.15) is 15.0 Å². The van der Waals surface area contributed by atoms with Gasteiger partial charge in [0.2, 0.25) is 17.8 Å². The summed E-state index contributed by atoms with van der Waals surface area (Å²) < 4.78 is 0. The van der Waals surface area contributed by atoms with Gasteiger partial charge in [-0.15, -0.1) is 0 Å². The fraction of sp³-hybridized carbons (Fsp3) is 0.625. The van der Waals surface area contributed by atoms with Crippen molar-refractivity contribution < 1.29 is 0 Å². The van der Waals surface area contributed by atoms with E-state index in [4.69, 9.17) is 5.73 Å². The number of nitrogens with zero attached hydrogens (tertiary/aromatic N) is 3. The van der Waals surface area contributed by atoms with Crippen LogP contribution in [0.5, 0.6) is 0 Å². The minimum absolute atomic E-state index is 0.532. The lowest BCUT2D eigenvalue weighted by Crippen LogP contribution is -2.13. The predicted octanol–water partition coefficient (Wildman–Crippen LogP) is -0.284. The summed E-state index contributed by atoms with van der Waals surface area (Å²) in [7, 11) is 3.52. The number of anilines is 3. The molecule has 0 aliphatic rings. The lowest BCUT2D eigenvalue weighted by Gasteiger charge is -2.07. The molecule has 0 bridgehead atoms. The van der Waals surface area contributed by atoms with E-state index in [2.05, 4.69) is 30.9 Å². The van der Waals surface area contributed by atoms with E-state index in [0.29, 0.717) is 24.4 Å². The van der Waals surface area contributed by atoms with Gasteiger partial charge in [-0.1, -0.05) is 0 Å². The third-order valence-corrected chi connectivity index (χ3v) is 1.75. The molecule has 0 spiro atoms. The topological polar surface area (TPSA) is 101 Å². The molecule has 0 fully saturated rings. The molecule has 1 aromatic rings. The number of aromatic nitrogens is 3. The summed E-state index contributed by atoms with van der Waals surface area (Å²) in [6, 6.07) is 0. The summed E-state index contributed by atoms with van der Waals surface area (Å²) in [5, 5.41) is 8.80. The third-order valence-electron chi connectivity index (χ3n) is 1.75. The van der Waals surface area contributed by atoms with Crippen LogP contribution in [-0.4, -0.2) is 42.1 Å². The minimum atomic E-state index is 0.532. The van der Waals surface area contributed by atoms with E-state index in [1.807, 2.05) is 0 Å². The zero-order valence-corrected chi connectivity index (χ0v) is 9.04. The largest absolute Gasteiger partial charge is 0.357 e. The van der Waals surface area contributed by atoms with E-state index in [1.165, 1.54) is 0 Å². The average molecular weight is 211 g/mol. The minimum Gasteiger partial charge on any atom is -0.357 e. The second kappa shape index (κ2) is 5.97. The average Bonchev–Trinajstić information content (AvgIpc) is 2.29. The van der Waals surface area contributed by atoms with Gasteiger partial charge in [0, 0.05) is 20.6 Å². The van der Waals surface area contributed by atoms with Crippen LogP contribution >= 0.6 is 0 Å². The summed E-state index contributed by atoms with van der Waals surface area (Å²) in [4.78, 5) is 12.4. The second-order valence-corrected chi connectivity index (χ2v) is 2.88. The smallest absolute Gasteiger partial charge is 0.229 e. The monoisotopic (exact) mass is 211 g/mol. The van der Waals surface area contributed by atoms with Crippen LogP contribution in [0.1, 0.15) is 6.42 Å². The van der Waals surface area contributed by atoms with Gasteiger partial charge in [0.1, 0.15) is 0 Å². The lowest BCUT2D eigenvalue weighted by molar-refractivity contribution is 0.861. The van der Waals surface area contributed by atoms with Crippen LogP contribution in [0.4, 0.5) is 17.8 Å². The van der Waals surface area contributed by atoms with Crippen LogP contribution in [0.3, 0.4) is 0 Å². The maximum absolute atomic E-state index is 5.39. The molecule has 1 aromatic heterocycles. The molecule has 1 heterocycles. The molecule has 0 radical (unpaired) electrons. The molecule has 0 aliphatic heterocycles. The van der Waals surface area contributed by atoms with Crippen LogP contribution in [0.25, 0.3) is 0 Å². The van der Waals surface area contributed by atoms with Crippen LogP contribution in [0.15, 0.2) is 0 Å². The van der Waals surface area contributed by atoms with E-state index in [1.54, 1.807) is 14.1 Å². The summed E-state index contributed by atoms with van der Waals surface area (Å²) in [6.07, 6.45) is 0.884. The van der Waals surface area contributed by atoms with Crippen molar-refractivity contribution in [2.24, 2.45) is 5.73 Å². The highest BCUT2D eigenvalue weighted by Crippen LogP contribution is 2.07. The highest BCUT2D eigenvalue weighted by atomic mass is 15.3. The number of nitrogens with one attached hydrogen (secondary N) is 3. The quantitative estimate of drug-likeness (QED) is 0.480. The van der Waals surface area contributed by atoms with Gasteiger partial charge >= 0.3 is 0 Å². The maximum Gasteiger partial charge on any atom is 0.229 e. The van der Waals surface area contributed by atoms with Crippen molar-refractivity contribution in [1.29, 1.82) is 0 Å². The summed E-state index contributed by atoms with van der Waals surface area (Å²) in [5.41, 5.74) is 5.39. The zero-order valence-electron chi connectivity index (χ0n) is 9.04. The van der Waals surface area contributed by atoms with Gasteiger partial charge in [0.15, 0.2) is 0 Å². The molecule has 0 aliphatic carbocycles. The number of nitrogens with two attached hydrogens (primary N) is 1. The molecule has 5 N–H and O–H groups in total. The number of hydrogen-bond acceptors (Lipinski definition) is 7. The fourth-order valence-corrected chi connectivity index (χ4v) is 0.981. The summed E-state index contributed by atoms with van der Waals surface area (Å²) >= 11 is 0. The van der Waals surface area contributed by atoms with Gasteiger partial charge in [-0.25, -0.2) is 0 Å². The zero-order chi connectivity index (χ0) is 11.1. The third kappa shape index (κ3) is 3.55. The Labute approximate surface area is 88.9 Å². The number of hydrogen-bond donors (Lipinski definition) is 4. The molecule has 7 nitrogen and oxygen atoms in total. The van der Waals surface area contributed by atoms with Crippen LogP contribution < -0.4 is 21.7 Å². The Hall–Kier alpha value is -1.63. The fourth-order valence-electron chi connectivity index (χ4n) is 0.981. The Morgan fingerprint density at radius 3 is 2.00 bits per heavy atom. The Kier molecular flexibility index (Phi) is 4.55. The van der Waals surface area contributed by atoms with Crippen molar-refractivity contribution in [3.8, 4) is 0 Å². The second-order valence-electron chi connectivity index (χ2n) is 2.88. The first-order valence-electron chi connectivity index (χ1n) is 4.85. The predicted molar refractivity (Wildman–Crippen MR) is 61.1 cm³/mol. The van der Waals surface area contributed by atoms with E-state index in [9.17, 15) is 0 Å². The van der Waals surface area contributed by atoms with Gasteiger partial charge in [0.25, 0.3) is 0 Å². The highest BCUT2D eigenvalue weighted by Gasteiger charge is 2.02. The van der Waals surface area contributed by atoms with Crippen molar-refractivity contribution in [2.75, 3.05) is 43.1 Å². The molecular weight excluding hydrogens is 194 g/mol. The van der Waals surface area contributed by atoms with Gasteiger partial charge in [-0.05, 0) is 13.0 Å². The van der Waals surface area contributed by atoms with Gasteiger partial charge in [-0.3, -0.25) is 0 Å². The van der Waals surface area contributed by atoms with Crippen molar-refractivity contribution in [3.63, 3.8) is 0 Å². The normalized spacial score (nSPS) is 9.80. The van der Waals surface area contributed by atoms with E-state index in [0.717, 1.165) is 13.0 Å². The molecule has 0 unspecified atom stereocenters. The van der Waals surface area contributed by atoms with Crippen molar-refractivity contribution in [3.05, 3.63) is 0 Å². The molecule has 0 amide bonds. The first-order chi connectivity index (χ1) is 7.30. The highest BCUT2D eigenvalue weighted by molar-refractivity contribution is 5.41.